The lowest BCUT2D eigenvalue weighted by Gasteiger charge is -2.03. The maximum Gasteiger partial charge on any atom is 0.160 e. The molecule has 4 nitrogen and oxygen atoms in total. The average Bonchev–Trinajstić information content (AvgIpc) is 2.26. The van der Waals surface area contributed by atoms with Gasteiger partial charge < -0.3 is 5.73 Å². The summed E-state index contributed by atoms with van der Waals surface area (Å²) in [6.45, 7) is 2.18. The topological polar surface area (TPSA) is 64.7 Å². The molecule has 14 heavy (non-hydrogen) atoms. The smallest absolute Gasteiger partial charge is 0.160 e. The molecule has 1 aromatic heterocycles. The molecule has 0 fully saturated rings. The predicted molar refractivity (Wildman–Crippen MR) is 56.1 cm³/mol. The van der Waals surface area contributed by atoms with Crippen LogP contribution in [0, 0.1) is 0 Å². The Morgan fingerprint density at radius 2 is 2.07 bits per heavy atom. The van der Waals surface area contributed by atoms with Crippen LogP contribution in [0.5, 0.6) is 0 Å². The summed E-state index contributed by atoms with van der Waals surface area (Å²) in [5, 5.41) is 0. The van der Waals surface area contributed by atoms with Crippen LogP contribution in [0.15, 0.2) is 18.9 Å². The summed E-state index contributed by atoms with van der Waals surface area (Å²) >= 11 is 0. The van der Waals surface area contributed by atoms with Crippen molar-refractivity contribution in [3.63, 3.8) is 0 Å². The summed E-state index contributed by atoms with van der Waals surface area (Å²) in [4.78, 5) is 11.9. The van der Waals surface area contributed by atoms with Crippen LogP contribution < -0.4 is 5.73 Å². The van der Waals surface area contributed by atoms with Crippen molar-refractivity contribution >= 4 is 5.57 Å². The van der Waals surface area contributed by atoms with Crippen LogP contribution in [-0.2, 0) is 0 Å². The molecule has 0 aliphatic heterocycles. The average molecular weight is 192 g/mol. The zero-order chi connectivity index (χ0) is 10.2. The number of allylic oxidation sites excluding steroid dienone is 1. The lowest BCUT2D eigenvalue weighted by molar-refractivity contribution is 0.731. The van der Waals surface area contributed by atoms with E-state index in [1.54, 1.807) is 6.20 Å². The van der Waals surface area contributed by atoms with E-state index in [2.05, 4.69) is 21.9 Å². The molecule has 0 spiro atoms. The molecule has 1 aromatic rings. The number of rotatable bonds is 5. The van der Waals surface area contributed by atoms with Crippen molar-refractivity contribution in [1.82, 2.24) is 15.0 Å². The largest absolute Gasteiger partial charge is 0.404 e. The lowest BCUT2D eigenvalue weighted by atomic mass is 10.1. The zero-order valence-electron chi connectivity index (χ0n) is 8.48. The van der Waals surface area contributed by atoms with Gasteiger partial charge in [0.2, 0.25) is 0 Å². The van der Waals surface area contributed by atoms with Gasteiger partial charge in [0, 0.05) is 11.8 Å². The number of unbranched alkanes of at least 4 members (excludes halogenated alkanes) is 2. The van der Waals surface area contributed by atoms with Crippen LogP contribution in [0.4, 0.5) is 0 Å². The third kappa shape index (κ3) is 3.12. The molecule has 0 bridgehead atoms. The molecule has 0 saturated heterocycles. The normalized spacial score (nSPS) is 11.6. The molecule has 0 unspecified atom stereocenters. The van der Waals surface area contributed by atoms with Crippen LogP contribution in [0.25, 0.3) is 5.57 Å². The van der Waals surface area contributed by atoms with Gasteiger partial charge in [0.15, 0.2) is 5.82 Å². The summed E-state index contributed by atoms with van der Waals surface area (Å²) in [5.74, 6) is 0.693. The van der Waals surface area contributed by atoms with E-state index in [1.807, 2.05) is 0 Å². The second-order valence-corrected chi connectivity index (χ2v) is 3.11. The molecule has 1 rings (SSSR count). The highest BCUT2D eigenvalue weighted by molar-refractivity contribution is 5.58. The number of aromatic nitrogens is 3. The third-order valence-corrected chi connectivity index (χ3v) is 2.03. The molecule has 1 heterocycles. The minimum Gasteiger partial charge on any atom is -0.404 e. The number of hydrogen-bond acceptors (Lipinski definition) is 4. The van der Waals surface area contributed by atoms with Gasteiger partial charge in [0.05, 0.1) is 0 Å². The predicted octanol–water partition coefficient (Wildman–Crippen LogP) is 1.75. The van der Waals surface area contributed by atoms with Crippen LogP contribution in [-0.4, -0.2) is 15.0 Å². The minimum absolute atomic E-state index is 0.693. The van der Waals surface area contributed by atoms with Crippen molar-refractivity contribution in [3.8, 4) is 0 Å². The Morgan fingerprint density at radius 1 is 1.36 bits per heavy atom. The van der Waals surface area contributed by atoms with E-state index in [1.165, 1.54) is 25.5 Å². The first-order chi connectivity index (χ1) is 6.88. The van der Waals surface area contributed by atoms with Crippen LogP contribution >= 0.6 is 0 Å². The molecule has 4 heteroatoms. The quantitative estimate of drug-likeness (QED) is 0.722. The van der Waals surface area contributed by atoms with Gasteiger partial charge in [-0.2, -0.15) is 0 Å². The number of hydrogen-bond donors (Lipinski definition) is 1. The third-order valence-electron chi connectivity index (χ3n) is 2.03. The van der Waals surface area contributed by atoms with E-state index in [4.69, 9.17) is 5.73 Å². The molecular weight excluding hydrogens is 176 g/mol. The van der Waals surface area contributed by atoms with Crippen molar-refractivity contribution in [2.45, 2.75) is 32.6 Å². The Bertz CT molecular complexity index is 281. The highest BCUT2D eigenvalue weighted by Gasteiger charge is 2.02. The van der Waals surface area contributed by atoms with Crippen molar-refractivity contribution in [2.24, 2.45) is 5.73 Å². The van der Waals surface area contributed by atoms with Gasteiger partial charge in [-0.05, 0) is 12.8 Å². The Hall–Kier alpha value is -1.45. The Balaban J connectivity index is 2.56. The van der Waals surface area contributed by atoms with E-state index >= 15 is 0 Å². The summed E-state index contributed by atoms with van der Waals surface area (Å²) in [6, 6.07) is 0. The maximum atomic E-state index is 5.52. The summed E-state index contributed by atoms with van der Waals surface area (Å²) in [6.07, 6.45) is 9.05. The number of nitrogens with zero attached hydrogens (tertiary/aromatic N) is 3. The number of nitrogens with two attached hydrogens (primary N) is 1. The Morgan fingerprint density at radius 3 is 2.64 bits per heavy atom. The molecular formula is C10H16N4. The second-order valence-electron chi connectivity index (χ2n) is 3.11. The van der Waals surface area contributed by atoms with E-state index in [-0.39, 0.29) is 0 Å². The molecule has 76 valence electrons. The molecule has 0 radical (unpaired) electrons. The molecule has 0 saturated carbocycles. The maximum absolute atomic E-state index is 5.52. The van der Waals surface area contributed by atoms with Gasteiger partial charge in [-0.15, -0.1) is 0 Å². The summed E-state index contributed by atoms with van der Waals surface area (Å²) in [7, 11) is 0. The van der Waals surface area contributed by atoms with E-state index < -0.39 is 0 Å². The van der Waals surface area contributed by atoms with Crippen LogP contribution in [0.3, 0.4) is 0 Å². The van der Waals surface area contributed by atoms with Gasteiger partial charge in [-0.3, -0.25) is 0 Å². The molecule has 0 atom stereocenters. The van der Waals surface area contributed by atoms with Crippen molar-refractivity contribution < 1.29 is 0 Å². The van der Waals surface area contributed by atoms with Crippen LogP contribution in [0.1, 0.15) is 38.4 Å². The standard InChI is InChI=1S/C10H16N4/c1-2-3-4-5-9(6-11)10-13-7-12-8-14-10/h6-8H,2-5,11H2,1H3/b9-6-. The summed E-state index contributed by atoms with van der Waals surface area (Å²) < 4.78 is 0. The van der Waals surface area contributed by atoms with Gasteiger partial charge in [-0.1, -0.05) is 19.8 Å². The van der Waals surface area contributed by atoms with E-state index in [0.717, 1.165) is 18.4 Å². The van der Waals surface area contributed by atoms with Gasteiger partial charge in [-0.25, -0.2) is 15.0 Å². The first-order valence-electron chi connectivity index (χ1n) is 4.91. The highest BCUT2D eigenvalue weighted by atomic mass is 15.0. The zero-order valence-corrected chi connectivity index (χ0v) is 8.48. The fourth-order valence-electron chi connectivity index (χ4n) is 1.24. The highest BCUT2D eigenvalue weighted by Crippen LogP contribution is 2.15. The fraction of sp³-hybridized carbons (Fsp3) is 0.500. The minimum atomic E-state index is 0.693. The lowest BCUT2D eigenvalue weighted by Crippen LogP contribution is -1.97. The fourth-order valence-corrected chi connectivity index (χ4v) is 1.24. The monoisotopic (exact) mass is 192 g/mol. The molecule has 0 amide bonds. The SMILES string of the molecule is CCCCC/C(=C/N)c1ncncn1. The molecule has 2 N–H and O–H groups in total. The van der Waals surface area contributed by atoms with E-state index in [0.29, 0.717) is 5.82 Å². The molecule has 0 aliphatic carbocycles. The second kappa shape index (κ2) is 6.07. The van der Waals surface area contributed by atoms with Gasteiger partial charge in [0.1, 0.15) is 12.7 Å². The van der Waals surface area contributed by atoms with Gasteiger partial charge >= 0.3 is 0 Å². The van der Waals surface area contributed by atoms with Crippen LogP contribution in [0.2, 0.25) is 0 Å². The Kier molecular flexibility index (Phi) is 4.61. The first kappa shape index (κ1) is 10.6. The first-order valence-corrected chi connectivity index (χ1v) is 4.91. The van der Waals surface area contributed by atoms with Crippen molar-refractivity contribution in [1.29, 1.82) is 0 Å². The van der Waals surface area contributed by atoms with E-state index in [9.17, 15) is 0 Å². The van der Waals surface area contributed by atoms with Crippen molar-refractivity contribution in [2.75, 3.05) is 0 Å². The van der Waals surface area contributed by atoms with Gasteiger partial charge in [0.25, 0.3) is 0 Å². The summed E-state index contributed by atoms with van der Waals surface area (Å²) in [5.41, 5.74) is 6.53. The Labute approximate surface area is 84.3 Å². The van der Waals surface area contributed by atoms with Crippen molar-refractivity contribution in [3.05, 3.63) is 24.7 Å². The molecule has 0 aromatic carbocycles. The molecule has 0 aliphatic rings.